The first-order chi connectivity index (χ1) is 10.1. The summed E-state index contributed by atoms with van der Waals surface area (Å²) in [6.07, 6.45) is 0.793. The molecule has 2 rings (SSSR count). The van der Waals surface area contributed by atoms with Gasteiger partial charge in [-0.1, -0.05) is 6.92 Å². The molecule has 0 saturated carbocycles. The third-order valence-electron chi connectivity index (χ3n) is 2.26. The normalized spacial score (nSPS) is 10.2. The average Bonchev–Trinajstić information content (AvgIpc) is 2.45. The van der Waals surface area contributed by atoms with Gasteiger partial charge < -0.3 is 9.47 Å². The van der Waals surface area contributed by atoms with Crippen LogP contribution in [0.5, 0.6) is 17.8 Å². The van der Waals surface area contributed by atoms with Crippen LogP contribution in [0.2, 0.25) is 5.28 Å². The fraction of sp³-hybridized carbons (Fsp3) is 0.250. The minimum atomic E-state index is -0.500. The number of non-ortho nitro benzene ring substituents is 1. The van der Waals surface area contributed by atoms with E-state index in [1.54, 1.807) is 0 Å². The van der Waals surface area contributed by atoms with Crippen molar-refractivity contribution in [2.24, 2.45) is 0 Å². The molecule has 8 nitrogen and oxygen atoms in total. The maximum Gasteiger partial charge on any atom is 0.329 e. The number of nitro groups is 1. The SMILES string of the molecule is CCCOc1nc(Cl)nc(Oc2ccc([N+](=O)[O-])cc2)n1. The number of benzene rings is 1. The Morgan fingerprint density at radius 1 is 1.19 bits per heavy atom. The van der Waals surface area contributed by atoms with Crippen LogP contribution in [0.25, 0.3) is 0 Å². The summed E-state index contributed by atoms with van der Waals surface area (Å²) < 4.78 is 10.6. The standard InChI is InChI=1S/C12H11ClN4O4/c1-2-7-20-11-14-10(13)15-12(16-11)21-9-5-3-8(4-6-9)17(18)19/h3-6H,2,7H2,1H3. The van der Waals surface area contributed by atoms with Gasteiger partial charge in [-0.15, -0.1) is 4.98 Å². The number of halogens is 1. The predicted octanol–water partition coefficient (Wildman–Crippen LogP) is 3.01. The van der Waals surface area contributed by atoms with E-state index in [2.05, 4.69) is 15.0 Å². The molecule has 0 aliphatic carbocycles. The minimum Gasteiger partial charge on any atom is -0.463 e. The van der Waals surface area contributed by atoms with Gasteiger partial charge in [0.1, 0.15) is 5.75 Å². The largest absolute Gasteiger partial charge is 0.463 e. The lowest BCUT2D eigenvalue weighted by Crippen LogP contribution is -2.03. The number of hydrogen-bond acceptors (Lipinski definition) is 7. The van der Waals surface area contributed by atoms with E-state index < -0.39 is 4.92 Å². The highest BCUT2D eigenvalue weighted by atomic mass is 35.5. The maximum atomic E-state index is 10.6. The third-order valence-corrected chi connectivity index (χ3v) is 2.43. The van der Waals surface area contributed by atoms with Gasteiger partial charge in [0.25, 0.3) is 5.69 Å². The Bertz CT molecular complexity index is 636. The van der Waals surface area contributed by atoms with E-state index >= 15 is 0 Å². The molecule has 0 saturated heterocycles. The second-order valence-corrected chi connectivity index (χ2v) is 4.21. The van der Waals surface area contributed by atoms with E-state index in [1.165, 1.54) is 24.3 Å². The molecule has 1 aromatic heterocycles. The van der Waals surface area contributed by atoms with Crippen molar-refractivity contribution in [2.75, 3.05) is 6.61 Å². The fourth-order valence-electron chi connectivity index (χ4n) is 1.36. The maximum absolute atomic E-state index is 10.6. The monoisotopic (exact) mass is 310 g/mol. The zero-order valence-electron chi connectivity index (χ0n) is 11.0. The van der Waals surface area contributed by atoms with Crippen LogP contribution < -0.4 is 9.47 Å². The first kappa shape index (κ1) is 14.9. The number of hydrogen-bond donors (Lipinski definition) is 0. The third kappa shape index (κ3) is 4.25. The van der Waals surface area contributed by atoms with Crippen LogP contribution in [0, 0.1) is 10.1 Å². The summed E-state index contributed by atoms with van der Waals surface area (Å²) in [7, 11) is 0. The van der Waals surface area contributed by atoms with Gasteiger partial charge in [0.2, 0.25) is 5.28 Å². The minimum absolute atomic E-state index is 0.0389. The van der Waals surface area contributed by atoms with E-state index in [0.717, 1.165) is 6.42 Å². The Morgan fingerprint density at radius 3 is 2.48 bits per heavy atom. The molecule has 9 heteroatoms. The highest BCUT2D eigenvalue weighted by molar-refractivity contribution is 6.28. The highest BCUT2D eigenvalue weighted by Gasteiger charge is 2.10. The number of aromatic nitrogens is 3. The second kappa shape index (κ2) is 6.80. The molecule has 110 valence electrons. The van der Waals surface area contributed by atoms with Crippen LogP contribution in [0.1, 0.15) is 13.3 Å². The molecule has 0 atom stereocenters. The quantitative estimate of drug-likeness (QED) is 0.597. The first-order valence-corrected chi connectivity index (χ1v) is 6.43. The molecule has 0 aliphatic rings. The molecule has 0 radical (unpaired) electrons. The highest BCUT2D eigenvalue weighted by Crippen LogP contribution is 2.23. The predicted molar refractivity (Wildman–Crippen MR) is 73.8 cm³/mol. The van der Waals surface area contributed by atoms with Crippen molar-refractivity contribution in [3.63, 3.8) is 0 Å². The summed E-state index contributed by atoms with van der Waals surface area (Å²) in [5.41, 5.74) is -0.0389. The van der Waals surface area contributed by atoms with Crippen LogP contribution >= 0.6 is 11.6 Å². The summed E-state index contributed by atoms with van der Waals surface area (Å²) >= 11 is 5.75. The Balaban J connectivity index is 2.14. The van der Waals surface area contributed by atoms with E-state index in [0.29, 0.717) is 12.4 Å². The molecule has 0 amide bonds. The Labute approximate surface area is 124 Å². The number of nitrogens with zero attached hydrogens (tertiary/aromatic N) is 4. The number of ether oxygens (including phenoxy) is 2. The van der Waals surface area contributed by atoms with E-state index in [1.807, 2.05) is 6.92 Å². The van der Waals surface area contributed by atoms with Crippen molar-refractivity contribution in [1.29, 1.82) is 0 Å². The van der Waals surface area contributed by atoms with Gasteiger partial charge in [0.15, 0.2) is 0 Å². The number of rotatable bonds is 6. The van der Waals surface area contributed by atoms with Gasteiger partial charge >= 0.3 is 12.0 Å². The van der Waals surface area contributed by atoms with Crippen LogP contribution in [0.4, 0.5) is 5.69 Å². The van der Waals surface area contributed by atoms with Crippen molar-refractivity contribution in [2.45, 2.75) is 13.3 Å². The lowest BCUT2D eigenvalue weighted by Gasteiger charge is -2.06. The topological polar surface area (TPSA) is 100 Å². The average molecular weight is 311 g/mol. The molecule has 0 fully saturated rings. The van der Waals surface area contributed by atoms with Crippen molar-refractivity contribution in [1.82, 2.24) is 15.0 Å². The molecule has 0 N–H and O–H groups in total. The van der Waals surface area contributed by atoms with Crippen molar-refractivity contribution < 1.29 is 14.4 Å². The Morgan fingerprint density at radius 2 is 1.86 bits per heavy atom. The zero-order valence-corrected chi connectivity index (χ0v) is 11.8. The molecule has 2 aromatic rings. The number of nitro benzene ring substituents is 1. The van der Waals surface area contributed by atoms with E-state index in [4.69, 9.17) is 21.1 Å². The van der Waals surface area contributed by atoms with Gasteiger partial charge in [-0.2, -0.15) is 9.97 Å². The molecule has 1 heterocycles. The summed E-state index contributed by atoms with van der Waals surface area (Å²) in [4.78, 5) is 21.6. The smallest absolute Gasteiger partial charge is 0.329 e. The molecule has 0 bridgehead atoms. The van der Waals surface area contributed by atoms with Crippen LogP contribution in [0.15, 0.2) is 24.3 Å². The van der Waals surface area contributed by atoms with Crippen molar-refractivity contribution in [3.8, 4) is 17.8 Å². The van der Waals surface area contributed by atoms with Crippen LogP contribution in [0.3, 0.4) is 0 Å². The van der Waals surface area contributed by atoms with Gasteiger partial charge in [-0.3, -0.25) is 10.1 Å². The van der Waals surface area contributed by atoms with Crippen molar-refractivity contribution >= 4 is 17.3 Å². The Kier molecular flexibility index (Phi) is 4.83. The van der Waals surface area contributed by atoms with Crippen LogP contribution in [-0.4, -0.2) is 26.5 Å². The Hall–Kier alpha value is -2.48. The van der Waals surface area contributed by atoms with Gasteiger partial charge in [0.05, 0.1) is 11.5 Å². The van der Waals surface area contributed by atoms with Crippen LogP contribution in [-0.2, 0) is 0 Å². The molecule has 0 unspecified atom stereocenters. The van der Waals surface area contributed by atoms with Gasteiger partial charge in [-0.25, -0.2) is 0 Å². The van der Waals surface area contributed by atoms with E-state index in [-0.39, 0.29) is 23.0 Å². The van der Waals surface area contributed by atoms with Gasteiger partial charge in [-0.05, 0) is 30.2 Å². The molecular formula is C12H11ClN4O4. The summed E-state index contributed by atoms with van der Waals surface area (Å²) in [6, 6.07) is 5.51. The fourth-order valence-corrected chi connectivity index (χ4v) is 1.50. The summed E-state index contributed by atoms with van der Waals surface area (Å²) in [5, 5.41) is 10.5. The summed E-state index contributed by atoms with van der Waals surface area (Å²) in [5.74, 6) is 0.337. The second-order valence-electron chi connectivity index (χ2n) is 3.87. The molecule has 21 heavy (non-hydrogen) atoms. The lowest BCUT2D eigenvalue weighted by atomic mass is 10.3. The molecular weight excluding hydrogens is 300 g/mol. The van der Waals surface area contributed by atoms with Crippen molar-refractivity contribution in [3.05, 3.63) is 39.7 Å². The molecule has 0 spiro atoms. The molecule has 0 aliphatic heterocycles. The first-order valence-electron chi connectivity index (χ1n) is 6.05. The zero-order chi connectivity index (χ0) is 15.2. The summed E-state index contributed by atoms with van der Waals surface area (Å²) in [6.45, 7) is 2.38. The molecule has 1 aromatic carbocycles. The van der Waals surface area contributed by atoms with E-state index in [9.17, 15) is 10.1 Å². The lowest BCUT2D eigenvalue weighted by molar-refractivity contribution is -0.384. The van der Waals surface area contributed by atoms with Gasteiger partial charge in [0, 0.05) is 12.1 Å².